The van der Waals surface area contributed by atoms with Crippen LogP contribution in [0.2, 0.25) is 0 Å². The lowest BCUT2D eigenvalue weighted by Gasteiger charge is -2.19. The van der Waals surface area contributed by atoms with Gasteiger partial charge in [0.1, 0.15) is 0 Å². The average Bonchev–Trinajstić information content (AvgIpc) is 2.93. The van der Waals surface area contributed by atoms with Gasteiger partial charge in [0.15, 0.2) is 6.79 Å². The first-order valence-corrected chi connectivity index (χ1v) is 7.71. The van der Waals surface area contributed by atoms with Gasteiger partial charge in [-0.25, -0.2) is 0 Å². The second-order valence-corrected chi connectivity index (χ2v) is 6.92. The highest BCUT2D eigenvalue weighted by Gasteiger charge is 2.74. The molecule has 1 saturated carbocycles. The number of methoxy groups -OCH3 is 1. The molecule has 0 heterocycles. The van der Waals surface area contributed by atoms with E-state index in [9.17, 15) is 4.79 Å². The van der Waals surface area contributed by atoms with E-state index in [-0.39, 0.29) is 24.1 Å². The Morgan fingerprint density at radius 3 is 2.41 bits per heavy atom. The van der Waals surface area contributed by atoms with Crippen molar-refractivity contribution < 1.29 is 14.3 Å². The molecule has 2 rings (SSSR count). The highest BCUT2D eigenvalue weighted by molar-refractivity contribution is 5.84. The molecule has 0 amide bonds. The molecule has 0 radical (unpaired) electrons. The molecule has 120 valence electrons. The van der Waals surface area contributed by atoms with Gasteiger partial charge in [-0.2, -0.15) is 0 Å². The number of esters is 1. The fourth-order valence-electron chi connectivity index (χ4n) is 3.54. The maximum Gasteiger partial charge on any atom is 0.315 e. The van der Waals surface area contributed by atoms with Crippen LogP contribution in [0.15, 0.2) is 42.0 Å². The first-order valence-electron chi connectivity index (χ1n) is 7.71. The molecule has 0 spiro atoms. The molecule has 2 atom stereocenters. The van der Waals surface area contributed by atoms with Gasteiger partial charge < -0.3 is 9.47 Å². The van der Waals surface area contributed by atoms with Crippen LogP contribution < -0.4 is 0 Å². The topological polar surface area (TPSA) is 35.5 Å². The van der Waals surface area contributed by atoms with Crippen molar-refractivity contribution in [3.63, 3.8) is 0 Å². The predicted molar refractivity (Wildman–Crippen MR) is 87.2 cm³/mol. The van der Waals surface area contributed by atoms with Crippen molar-refractivity contribution in [3.8, 4) is 0 Å². The van der Waals surface area contributed by atoms with Crippen molar-refractivity contribution in [2.24, 2.45) is 16.7 Å². The average molecular weight is 302 g/mol. The van der Waals surface area contributed by atoms with E-state index in [0.717, 1.165) is 5.56 Å². The van der Waals surface area contributed by atoms with E-state index in [1.807, 2.05) is 18.2 Å². The zero-order valence-electron chi connectivity index (χ0n) is 14.2. The summed E-state index contributed by atoms with van der Waals surface area (Å²) < 4.78 is 10.3. The fraction of sp³-hybridized carbons (Fsp3) is 0.526. The molecule has 1 aliphatic rings. The molecule has 2 unspecified atom stereocenters. The van der Waals surface area contributed by atoms with E-state index in [2.05, 4.69) is 45.9 Å². The van der Waals surface area contributed by atoms with E-state index >= 15 is 0 Å². The van der Waals surface area contributed by atoms with Crippen LogP contribution in [-0.2, 0) is 20.7 Å². The number of allylic oxidation sites excluding steroid dienone is 2. The summed E-state index contributed by atoms with van der Waals surface area (Å²) in [6, 6.07) is 10.1. The number of benzene rings is 1. The lowest BCUT2D eigenvalue weighted by molar-refractivity contribution is -0.162. The molecule has 0 N–H and O–H groups in total. The van der Waals surface area contributed by atoms with Crippen molar-refractivity contribution in [3.05, 3.63) is 47.5 Å². The SMILES string of the molecule is COCOC(=O)C1(Cc2ccccc2)C(C=C(C)C)C1(C)C. The molecule has 3 nitrogen and oxygen atoms in total. The van der Waals surface area contributed by atoms with E-state index in [1.54, 1.807) is 0 Å². The Labute approximate surface area is 133 Å². The third kappa shape index (κ3) is 2.82. The molecule has 0 aromatic heterocycles. The molecule has 1 aromatic rings. The monoisotopic (exact) mass is 302 g/mol. The molecule has 1 aliphatic carbocycles. The van der Waals surface area contributed by atoms with Crippen molar-refractivity contribution in [2.45, 2.75) is 34.1 Å². The standard InChI is InChI=1S/C19H26O3/c1-14(2)11-16-18(3,4)19(16,17(20)22-13-21-5)12-15-9-7-6-8-10-15/h6-11,16H,12-13H2,1-5H3. The molecule has 0 aliphatic heterocycles. The summed E-state index contributed by atoms with van der Waals surface area (Å²) in [7, 11) is 1.53. The van der Waals surface area contributed by atoms with Crippen molar-refractivity contribution in [1.29, 1.82) is 0 Å². The highest BCUT2D eigenvalue weighted by Crippen LogP contribution is 2.71. The number of ether oxygens (including phenoxy) is 2. The van der Waals surface area contributed by atoms with Crippen molar-refractivity contribution in [2.75, 3.05) is 13.9 Å². The largest absolute Gasteiger partial charge is 0.438 e. The van der Waals surface area contributed by atoms with Gasteiger partial charge in [-0.15, -0.1) is 0 Å². The van der Waals surface area contributed by atoms with Crippen LogP contribution in [0.5, 0.6) is 0 Å². The number of hydrogen-bond donors (Lipinski definition) is 0. The van der Waals surface area contributed by atoms with Gasteiger partial charge >= 0.3 is 5.97 Å². The van der Waals surface area contributed by atoms with Gasteiger partial charge in [-0.05, 0) is 31.2 Å². The minimum Gasteiger partial charge on any atom is -0.438 e. The summed E-state index contributed by atoms with van der Waals surface area (Å²) in [5, 5.41) is 0. The smallest absolute Gasteiger partial charge is 0.315 e. The molecular formula is C19H26O3. The van der Waals surface area contributed by atoms with Crippen molar-refractivity contribution in [1.82, 2.24) is 0 Å². The number of carbonyl (C=O) groups is 1. The Kier molecular flexibility index (Phi) is 4.76. The lowest BCUT2D eigenvalue weighted by Crippen LogP contribution is -2.28. The zero-order chi connectivity index (χ0) is 16.4. The predicted octanol–water partition coefficient (Wildman–Crippen LogP) is 3.98. The van der Waals surface area contributed by atoms with Crippen LogP contribution in [0.4, 0.5) is 0 Å². The van der Waals surface area contributed by atoms with Gasteiger partial charge in [0.2, 0.25) is 0 Å². The maximum absolute atomic E-state index is 12.8. The van der Waals surface area contributed by atoms with Gasteiger partial charge in [0, 0.05) is 13.0 Å². The lowest BCUT2D eigenvalue weighted by atomic mass is 9.88. The Bertz CT molecular complexity index is 555. The van der Waals surface area contributed by atoms with Gasteiger partial charge in [0.05, 0.1) is 5.41 Å². The Morgan fingerprint density at radius 2 is 1.86 bits per heavy atom. The minimum absolute atomic E-state index is 0.00694. The second kappa shape index (κ2) is 6.25. The first kappa shape index (κ1) is 16.8. The normalized spacial score (nSPS) is 25.4. The van der Waals surface area contributed by atoms with Crippen LogP contribution in [0.1, 0.15) is 33.3 Å². The van der Waals surface area contributed by atoms with Crippen LogP contribution in [0, 0.1) is 16.7 Å². The number of rotatable bonds is 6. The number of hydrogen-bond acceptors (Lipinski definition) is 3. The quantitative estimate of drug-likeness (QED) is 0.453. The molecule has 1 aromatic carbocycles. The molecule has 1 fully saturated rings. The Hall–Kier alpha value is -1.61. The van der Waals surface area contributed by atoms with Gasteiger partial charge in [-0.1, -0.05) is 55.8 Å². The summed E-state index contributed by atoms with van der Waals surface area (Å²) in [4.78, 5) is 12.8. The summed E-state index contributed by atoms with van der Waals surface area (Å²) >= 11 is 0. The summed E-state index contributed by atoms with van der Waals surface area (Å²) in [6.07, 6.45) is 2.90. The van der Waals surface area contributed by atoms with Crippen LogP contribution >= 0.6 is 0 Å². The van der Waals surface area contributed by atoms with Crippen molar-refractivity contribution >= 4 is 5.97 Å². The third-order valence-corrected chi connectivity index (χ3v) is 4.87. The Morgan fingerprint density at radius 1 is 1.23 bits per heavy atom. The summed E-state index contributed by atoms with van der Waals surface area (Å²) in [5.41, 5.74) is 1.76. The highest BCUT2D eigenvalue weighted by atomic mass is 16.7. The number of carbonyl (C=O) groups excluding carboxylic acids is 1. The first-order chi connectivity index (χ1) is 10.4. The zero-order valence-corrected chi connectivity index (χ0v) is 14.2. The maximum atomic E-state index is 12.8. The molecular weight excluding hydrogens is 276 g/mol. The fourth-order valence-corrected chi connectivity index (χ4v) is 3.54. The molecule has 0 bridgehead atoms. The van der Waals surface area contributed by atoms with Gasteiger partial charge in [-0.3, -0.25) is 4.79 Å². The summed E-state index contributed by atoms with van der Waals surface area (Å²) in [5.74, 6) is 0.0280. The van der Waals surface area contributed by atoms with E-state index in [0.29, 0.717) is 6.42 Å². The van der Waals surface area contributed by atoms with Crippen LogP contribution in [0.3, 0.4) is 0 Å². The molecule has 3 heteroatoms. The van der Waals surface area contributed by atoms with Gasteiger partial charge in [0.25, 0.3) is 0 Å². The van der Waals surface area contributed by atoms with Crippen LogP contribution in [-0.4, -0.2) is 19.9 Å². The minimum atomic E-state index is -0.510. The van der Waals surface area contributed by atoms with E-state index in [1.165, 1.54) is 12.7 Å². The Balaban J connectivity index is 2.34. The van der Waals surface area contributed by atoms with E-state index in [4.69, 9.17) is 9.47 Å². The molecule has 0 saturated heterocycles. The third-order valence-electron chi connectivity index (χ3n) is 4.87. The molecule has 22 heavy (non-hydrogen) atoms. The summed E-state index contributed by atoms with van der Waals surface area (Å²) in [6.45, 7) is 8.44. The second-order valence-electron chi connectivity index (χ2n) is 6.92. The van der Waals surface area contributed by atoms with E-state index < -0.39 is 5.41 Å². The van der Waals surface area contributed by atoms with Crippen LogP contribution in [0.25, 0.3) is 0 Å².